The number of carbonyl (C=O) groups is 1. The molecule has 3 heterocycles. The Morgan fingerprint density at radius 1 is 1.18 bits per heavy atom. The first kappa shape index (κ1) is 21.2. The van der Waals surface area contributed by atoms with Gasteiger partial charge in [0, 0.05) is 69.4 Å². The van der Waals surface area contributed by atoms with Gasteiger partial charge < -0.3 is 10.1 Å². The molecule has 3 rings (SSSR count). The molecule has 0 atom stereocenters. The van der Waals surface area contributed by atoms with Crippen molar-refractivity contribution in [3.8, 4) is 0 Å². The van der Waals surface area contributed by atoms with Crippen molar-refractivity contribution in [2.45, 2.75) is 37.8 Å². The van der Waals surface area contributed by atoms with Gasteiger partial charge in [0.25, 0.3) is 5.91 Å². The van der Waals surface area contributed by atoms with E-state index in [9.17, 15) is 13.2 Å². The summed E-state index contributed by atoms with van der Waals surface area (Å²) in [6, 6.07) is 4.15. The summed E-state index contributed by atoms with van der Waals surface area (Å²) in [5, 5.41) is 2.99. The Kier molecular flexibility index (Phi) is 7.39. The van der Waals surface area contributed by atoms with Gasteiger partial charge in [-0.3, -0.25) is 14.7 Å². The fourth-order valence-electron chi connectivity index (χ4n) is 4.09. The van der Waals surface area contributed by atoms with Crippen LogP contribution < -0.4 is 5.32 Å². The molecule has 0 saturated carbocycles. The quantitative estimate of drug-likeness (QED) is 0.712. The minimum absolute atomic E-state index is 0.0961. The normalized spacial score (nSPS) is 20.4. The van der Waals surface area contributed by atoms with E-state index < -0.39 is 10.0 Å². The van der Waals surface area contributed by atoms with E-state index in [1.807, 2.05) is 0 Å². The fraction of sp³-hybridized carbons (Fsp3) is 0.684. The SMILES string of the molecule is CS(=O)(=O)N1CCC(N(CCNC(=O)c2ccncc2)C2CCOCC2)CC1. The Morgan fingerprint density at radius 3 is 2.39 bits per heavy atom. The third-order valence-electron chi connectivity index (χ3n) is 5.62. The number of aromatic nitrogens is 1. The number of sulfonamides is 1. The van der Waals surface area contributed by atoms with Crippen LogP contribution in [0.5, 0.6) is 0 Å². The summed E-state index contributed by atoms with van der Waals surface area (Å²) < 4.78 is 30.7. The lowest BCUT2D eigenvalue weighted by Crippen LogP contribution is -2.53. The van der Waals surface area contributed by atoms with E-state index >= 15 is 0 Å². The van der Waals surface area contributed by atoms with Crippen LogP contribution in [0.3, 0.4) is 0 Å². The zero-order chi connectivity index (χ0) is 20.0. The number of amides is 1. The van der Waals surface area contributed by atoms with E-state index in [0.29, 0.717) is 37.3 Å². The van der Waals surface area contributed by atoms with Gasteiger partial charge in [0.15, 0.2) is 0 Å². The molecule has 0 spiro atoms. The van der Waals surface area contributed by atoms with Crippen molar-refractivity contribution in [2.24, 2.45) is 0 Å². The highest BCUT2D eigenvalue weighted by Crippen LogP contribution is 2.24. The topological polar surface area (TPSA) is 91.8 Å². The number of carbonyl (C=O) groups excluding carboxylic acids is 1. The zero-order valence-electron chi connectivity index (χ0n) is 16.4. The summed E-state index contributed by atoms with van der Waals surface area (Å²) in [5.74, 6) is -0.0961. The molecule has 0 bridgehead atoms. The highest BCUT2D eigenvalue weighted by molar-refractivity contribution is 7.88. The van der Waals surface area contributed by atoms with E-state index in [-0.39, 0.29) is 5.91 Å². The molecule has 2 saturated heterocycles. The molecule has 9 heteroatoms. The lowest BCUT2D eigenvalue weighted by molar-refractivity contribution is 0.00747. The average molecular weight is 411 g/mol. The van der Waals surface area contributed by atoms with Gasteiger partial charge in [0.05, 0.1) is 6.26 Å². The molecule has 1 aromatic heterocycles. The van der Waals surface area contributed by atoms with E-state index in [1.54, 1.807) is 28.8 Å². The highest BCUT2D eigenvalue weighted by Gasteiger charge is 2.32. The lowest BCUT2D eigenvalue weighted by Gasteiger charge is -2.43. The van der Waals surface area contributed by atoms with Crippen LogP contribution in [0.2, 0.25) is 0 Å². The lowest BCUT2D eigenvalue weighted by atomic mass is 9.98. The summed E-state index contributed by atoms with van der Waals surface area (Å²) in [6.07, 6.45) is 8.09. The molecule has 2 aliphatic heterocycles. The summed E-state index contributed by atoms with van der Waals surface area (Å²) in [6.45, 7) is 3.95. The second-order valence-electron chi connectivity index (χ2n) is 7.47. The van der Waals surface area contributed by atoms with E-state index in [1.165, 1.54) is 6.26 Å². The van der Waals surface area contributed by atoms with Crippen molar-refractivity contribution >= 4 is 15.9 Å². The largest absolute Gasteiger partial charge is 0.381 e. The van der Waals surface area contributed by atoms with Crippen molar-refractivity contribution < 1.29 is 17.9 Å². The van der Waals surface area contributed by atoms with Crippen molar-refractivity contribution in [3.63, 3.8) is 0 Å². The molecule has 28 heavy (non-hydrogen) atoms. The molecular weight excluding hydrogens is 380 g/mol. The molecule has 1 amide bonds. The van der Waals surface area contributed by atoms with E-state index in [4.69, 9.17) is 4.74 Å². The number of piperidine rings is 1. The predicted octanol–water partition coefficient (Wildman–Crippen LogP) is 0.716. The van der Waals surface area contributed by atoms with Crippen LogP contribution in [0.15, 0.2) is 24.5 Å². The standard InChI is InChI=1S/C19H30N4O4S/c1-28(25,26)22-11-4-17(5-12-22)23(18-6-14-27-15-7-18)13-10-21-19(24)16-2-8-20-9-3-16/h2-3,8-9,17-18H,4-7,10-15H2,1H3,(H,21,24). The van der Waals surface area contributed by atoms with Crippen LogP contribution in [0.25, 0.3) is 0 Å². The molecule has 1 N–H and O–H groups in total. The van der Waals surface area contributed by atoms with Gasteiger partial charge in [-0.1, -0.05) is 0 Å². The van der Waals surface area contributed by atoms with Crippen molar-refractivity contribution in [3.05, 3.63) is 30.1 Å². The van der Waals surface area contributed by atoms with Gasteiger partial charge in [-0.05, 0) is 37.8 Å². The number of nitrogens with one attached hydrogen (secondary N) is 1. The maximum absolute atomic E-state index is 12.3. The first-order valence-electron chi connectivity index (χ1n) is 9.92. The molecule has 0 radical (unpaired) electrons. The van der Waals surface area contributed by atoms with Gasteiger partial charge in [0.2, 0.25) is 10.0 Å². The minimum atomic E-state index is -3.13. The predicted molar refractivity (Wildman–Crippen MR) is 107 cm³/mol. The maximum atomic E-state index is 12.3. The smallest absolute Gasteiger partial charge is 0.251 e. The molecule has 2 fully saturated rings. The second kappa shape index (κ2) is 9.78. The Hall–Kier alpha value is -1.55. The summed E-state index contributed by atoms with van der Waals surface area (Å²) >= 11 is 0. The van der Waals surface area contributed by atoms with Crippen LogP contribution in [0.1, 0.15) is 36.0 Å². The monoisotopic (exact) mass is 410 g/mol. The van der Waals surface area contributed by atoms with Crippen LogP contribution >= 0.6 is 0 Å². The first-order valence-corrected chi connectivity index (χ1v) is 11.8. The molecule has 156 valence electrons. The second-order valence-corrected chi connectivity index (χ2v) is 9.45. The number of pyridine rings is 1. The number of hydrogen-bond acceptors (Lipinski definition) is 6. The van der Waals surface area contributed by atoms with Crippen molar-refractivity contribution in [1.29, 1.82) is 0 Å². The zero-order valence-corrected chi connectivity index (χ0v) is 17.2. The van der Waals surface area contributed by atoms with Crippen LogP contribution in [-0.2, 0) is 14.8 Å². The van der Waals surface area contributed by atoms with E-state index in [0.717, 1.165) is 45.4 Å². The number of ether oxygens (including phenoxy) is 1. The Labute approximate surface area is 167 Å². The third-order valence-corrected chi connectivity index (χ3v) is 6.92. The van der Waals surface area contributed by atoms with Gasteiger partial charge in [-0.15, -0.1) is 0 Å². The maximum Gasteiger partial charge on any atom is 0.251 e. The van der Waals surface area contributed by atoms with Crippen LogP contribution in [0.4, 0.5) is 0 Å². The molecular formula is C19H30N4O4S. The van der Waals surface area contributed by atoms with Gasteiger partial charge in [-0.25, -0.2) is 12.7 Å². The Bertz CT molecular complexity index is 730. The summed E-state index contributed by atoms with van der Waals surface area (Å²) in [5.41, 5.74) is 0.606. The summed E-state index contributed by atoms with van der Waals surface area (Å²) in [4.78, 5) is 18.7. The Morgan fingerprint density at radius 2 is 1.79 bits per heavy atom. The van der Waals surface area contributed by atoms with Crippen molar-refractivity contribution in [1.82, 2.24) is 19.5 Å². The van der Waals surface area contributed by atoms with Crippen molar-refractivity contribution in [2.75, 3.05) is 45.6 Å². The molecule has 8 nitrogen and oxygen atoms in total. The van der Waals surface area contributed by atoms with Gasteiger partial charge in [0.1, 0.15) is 0 Å². The van der Waals surface area contributed by atoms with Crippen LogP contribution in [0, 0.1) is 0 Å². The molecule has 0 aromatic carbocycles. The first-order chi connectivity index (χ1) is 13.4. The van der Waals surface area contributed by atoms with E-state index in [2.05, 4.69) is 15.2 Å². The molecule has 2 aliphatic rings. The third kappa shape index (κ3) is 5.73. The molecule has 0 unspecified atom stereocenters. The average Bonchev–Trinajstić information content (AvgIpc) is 2.72. The molecule has 1 aromatic rings. The number of rotatable bonds is 7. The summed E-state index contributed by atoms with van der Waals surface area (Å²) in [7, 11) is -3.13. The van der Waals surface area contributed by atoms with Gasteiger partial charge in [-0.2, -0.15) is 0 Å². The fourth-order valence-corrected chi connectivity index (χ4v) is 4.96. The molecule has 0 aliphatic carbocycles. The van der Waals surface area contributed by atoms with Crippen LogP contribution in [-0.4, -0.2) is 86.2 Å². The number of nitrogens with zero attached hydrogens (tertiary/aromatic N) is 3. The highest BCUT2D eigenvalue weighted by atomic mass is 32.2. The minimum Gasteiger partial charge on any atom is -0.381 e. The Balaban J connectivity index is 1.57. The van der Waals surface area contributed by atoms with Gasteiger partial charge >= 0.3 is 0 Å². The number of hydrogen-bond donors (Lipinski definition) is 1.